The van der Waals surface area contributed by atoms with Gasteiger partial charge in [-0.2, -0.15) is 0 Å². The van der Waals surface area contributed by atoms with Gasteiger partial charge >= 0.3 is 0 Å². The molecule has 0 saturated carbocycles. The van der Waals surface area contributed by atoms with E-state index in [0.717, 1.165) is 34.4 Å². The number of nitrogens with zero attached hydrogens (tertiary/aromatic N) is 1. The molecule has 1 N–H and O–H groups in total. The fourth-order valence-corrected chi connectivity index (χ4v) is 6.07. The van der Waals surface area contributed by atoms with Gasteiger partial charge in [-0.3, -0.25) is 9.78 Å². The number of alkyl halides is 2. The van der Waals surface area contributed by atoms with Crippen LogP contribution in [-0.4, -0.2) is 15.9 Å². The minimum Gasteiger partial charge on any atom is -0.512 e. The molecule has 0 bridgehead atoms. The minimum absolute atomic E-state index is 0. The summed E-state index contributed by atoms with van der Waals surface area (Å²) in [7, 11) is 0. The van der Waals surface area contributed by atoms with Gasteiger partial charge in [0.1, 0.15) is 5.76 Å². The normalized spacial score (nSPS) is 12.2. The molecule has 0 fully saturated rings. The number of aryl methyl sites for hydroxylation is 2. The Morgan fingerprint density at radius 1 is 0.804 bits per heavy atom. The number of hydrogen-bond acceptors (Lipinski definition) is 3. The Balaban J connectivity index is 0.000000312. The molecule has 3 nitrogen and oxygen atoms in total. The number of allylic oxidation sites excluding steroid dienone is 2. The fraction of sp³-hybridized carbons (Fsp3) is 0.289. The summed E-state index contributed by atoms with van der Waals surface area (Å²) in [5, 5.41) is 15.2. The second kappa shape index (κ2) is 16.0. The second-order valence-corrected chi connectivity index (χ2v) is 14.4. The van der Waals surface area contributed by atoms with Gasteiger partial charge in [-0.05, 0) is 88.2 Å². The average molecular weight is 863 g/mol. The third-order valence-electron chi connectivity index (χ3n) is 10.2. The topological polar surface area (TPSA) is 50.2 Å². The maximum atomic E-state index is 13.9. The number of carbonyl (C=O) groups is 1. The van der Waals surface area contributed by atoms with Crippen LogP contribution in [0.2, 0.25) is 0 Å². The molecule has 51 heavy (non-hydrogen) atoms. The van der Waals surface area contributed by atoms with Crippen molar-refractivity contribution in [3.05, 3.63) is 126 Å². The van der Waals surface area contributed by atoms with Crippen molar-refractivity contribution in [3.8, 4) is 22.4 Å². The van der Waals surface area contributed by atoms with Crippen LogP contribution in [-0.2, 0) is 24.9 Å². The van der Waals surface area contributed by atoms with Gasteiger partial charge in [0.05, 0.1) is 0 Å². The largest absolute Gasteiger partial charge is 0.512 e. The van der Waals surface area contributed by atoms with Gasteiger partial charge in [-0.25, -0.2) is 8.78 Å². The van der Waals surface area contributed by atoms with E-state index in [9.17, 15) is 18.7 Å². The fourth-order valence-electron chi connectivity index (χ4n) is 6.07. The van der Waals surface area contributed by atoms with Crippen LogP contribution in [0.1, 0.15) is 77.5 Å². The first-order valence-electron chi connectivity index (χ1n) is 17.3. The first-order chi connectivity index (χ1) is 23.7. The van der Waals surface area contributed by atoms with E-state index in [-0.39, 0.29) is 48.0 Å². The number of aliphatic hydroxyl groups excluding tert-OH is 1. The summed E-state index contributed by atoms with van der Waals surface area (Å²) < 4.78 is 27.8. The molecule has 0 atom stereocenters. The Hall–Kier alpha value is -4.25. The molecule has 0 amide bonds. The number of rotatable bonds is 8. The zero-order valence-corrected chi connectivity index (χ0v) is 33.0. The predicted molar refractivity (Wildman–Crippen MR) is 205 cm³/mol. The molecule has 5 aromatic carbocycles. The summed E-state index contributed by atoms with van der Waals surface area (Å²) >= 11 is 0. The van der Waals surface area contributed by atoms with E-state index in [2.05, 4.69) is 67.4 Å². The zero-order chi connectivity index (χ0) is 36.4. The van der Waals surface area contributed by atoms with Crippen LogP contribution in [0.15, 0.2) is 103 Å². The molecule has 0 aliphatic rings. The summed E-state index contributed by atoms with van der Waals surface area (Å²) in [6.45, 7) is 15.9. The van der Waals surface area contributed by atoms with Crippen LogP contribution in [0.4, 0.5) is 8.78 Å². The third-order valence-corrected chi connectivity index (χ3v) is 10.2. The second-order valence-electron chi connectivity index (χ2n) is 14.4. The summed E-state index contributed by atoms with van der Waals surface area (Å²) in [4.78, 5) is 16.4. The zero-order valence-electron chi connectivity index (χ0n) is 30.6. The van der Waals surface area contributed by atoms with E-state index in [1.54, 1.807) is 18.3 Å². The number of pyridine rings is 1. The smallest absolute Gasteiger partial charge is 0.251 e. The van der Waals surface area contributed by atoms with Gasteiger partial charge in [0, 0.05) is 48.9 Å². The Morgan fingerprint density at radius 2 is 1.45 bits per heavy atom. The number of aromatic nitrogens is 1. The number of aliphatic hydroxyl groups is 1. The quantitative estimate of drug-likeness (QED) is 0.0718. The summed E-state index contributed by atoms with van der Waals surface area (Å²) in [5.74, 6) is 0.195. The molecule has 6 rings (SSSR count). The van der Waals surface area contributed by atoms with Crippen molar-refractivity contribution in [1.29, 1.82) is 0 Å². The van der Waals surface area contributed by atoms with Crippen LogP contribution >= 0.6 is 0 Å². The molecule has 0 aliphatic heterocycles. The van der Waals surface area contributed by atoms with Gasteiger partial charge in [-0.1, -0.05) is 113 Å². The van der Waals surface area contributed by atoms with Crippen molar-refractivity contribution in [1.82, 2.24) is 4.98 Å². The van der Waals surface area contributed by atoms with Gasteiger partial charge < -0.3 is 5.11 Å². The summed E-state index contributed by atoms with van der Waals surface area (Å²) in [6, 6.07) is 31.0. The van der Waals surface area contributed by atoms with Crippen LogP contribution in [0.3, 0.4) is 0 Å². The molecule has 0 spiro atoms. The Bertz CT molecular complexity index is 2220. The van der Waals surface area contributed by atoms with Crippen LogP contribution in [0, 0.1) is 30.7 Å². The molecule has 0 saturated heterocycles. The van der Waals surface area contributed by atoms with Gasteiger partial charge in [-0.15, -0.1) is 23.6 Å². The Labute approximate surface area is 314 Å². The SMILES string of the molecule is CCC(C)(C)C(=O)/C=C(\O)C(C)(C)CC.Cc1cccc(C)c1-c1ccc2c(ccc3c(-c4[c-]c5ccccc5c(C(F)F)c4)nccc32)c1.[Ir]. The Morgan fingerprint density at radius 3 is 2.10 bits per heavy atom. The number of fused-ring (bicyclic) bond motifs is 4. The van der Waals surface area contributed by atoms with Crippen molar-refractivity contribution in [2.75, 3.05) is 0 Å². The number of ketones is 1. The van der Waals surface area contributed by atoms with Crippen LogP contribution < -0.4 is 0 Å². The van der Waals surface area contributed by atoms with E-state index < -0.39 is 6.43 Å². The number of benzene rings is 5. The van der Waals surface area contributed by atoms with Gasteiger partial charge in [0.25, 0.3) is 6.43 Å². The van der Waals surface area contributed by atoms with Gasteiger partial charge in [0.2, 0.25) is 0 Å². The molecule has 267 valence electrons. The average Bonchev–Trinajstić information content (AvgIpc) is 3.10. The molecular weight excluding hydrogens is 817 g/mol. The van der Waals surface area contributed by atoms with Crippen molar-refractivity contribution < 1.29 is 38.8 Å². The molecule has 0 aliphatic carbocycles. The van der Waals surface area contributed by atoms with Crippen molar-refractivity contribution >= 4 is 38.1 Å². The first-order valence-corrected chi connectivity index (χ1v) is 17.3. The molecule has 1 aromatic heterocycles. The molecule has 6 aromatic rings. The van der Waals surface area contributed by atoms with E-state index >= 15 is 0 Å². The maximum Gasteiger partial charge on any atom is 0.251 e. The molecular formula is C45H46F2IrNO2-. The predicted octanol–water partition coefficient (Wildman–Crippen LogP) is 13.1. The van der Waals surface area contributed by atoms with Crippen molar-refractivity contribution in [3.63, 3.8) is 0 Å². The Kier molecular flexibility index (Phi) is 12.4. The van der Waals surface area contributed by atoms with Crippen molar-refractivity contribution in [2.24, 2.45) is 10.8 Å². The first kappa shape index (κ1) is 39.5. The molecule has 1 radical (unpaired) electrons. The molecule has 0 unspecified atom stereocenters. The van der Waals surface area contributed by atoms with Crippen molar-refractivity contribution in [2.45, 2.75) is 74.7 Å². The minimum atomic E-state index is -2.58. The number of hydrogen-bond donors (Lipinski definition) is 1. The van der Waals surface area contributed by atoms with Crippen LogP contribution in [0.5, 0.6) is 0 Å². The molecule has 6 heteroatoms. The maximum absolute atomic E-state index is 13.9. The standard InChI is InChI=1S/C32H22F2N.C13H24O2.Ir/c1-19-6-5-7-20(2)30(19)23-11-12-26-22(16-23)10-13-28-27(26)14-15-35-31(28)24-17-21-8-3-4-9-25(21)29(18-24)32(33)34;1-7-12(3,4)10(14)9-11(15)13(5,6)8-2;/h3-16,18,32H,1-2H3;9,14H,7-8H2,1-6H3;/q-1;;/b;10-9-;. The number of carbonyl (C=O) groups excluding carboxylic acids is 1. The monoisotopic (exact) mass is 863 g/mol. The van der Waals surface area contributed by atoms with Gasteiger partial charge in [0.15, 0.2) is 5.78 Å². The van der Waals surface area contributed by atoms with Crippen LogP contribution in [0.25, 0.3) is 54.7 Å². The van der Waals surface area contributed by atoms with E-state index in [1.807, 2.05) is 65.8 Å². The number of halogens is 2. The molecule has 1 heterocycles. The third kappa shape index (κ3) is 8.29. The van der Waals surface area contributed by atoms with E-state index in [1.165, 1.54) is 34.4 Å². The van der Waals surface area contributed by atoms with E-state index in [4.69, 9.17) is 0 Å². The summed E-state index contributed by atoms with van der Waals surface area (Å²) in [5.41, 5.74) is 5.51. The summed E-state index contributed by atoms with van der Waals surface area (Å²) in [6.07, 6.45) is 2.17. The van der Waals surface area contributed by atoms with E-state index in [0.29, 0.717) is 22.0 Å².